The van der Waals surface area contributed by atoms with E-state index >= 15 is 0 Å². The summed E-state index contributed by atoms with van der Waals surface area (Å²) in [6.45, 7) is 4.17. The zero-order chi connectivity index (χ0) is 26.3. The Labute approximate surface area is 209 Å². The number of aliphatic hydroxyl groups is 2. The number of Topliss-reactive ketones (excluding diaryl/α,β-unsaturated/α-hetero) is 2. The number of carbonyl (C=O) groups is 4. The molecule has 9 nitrogen and oxygen atoms in total. The normalized spacial score (nSPS) is 26.3. The molecule has 1 aliphatic heterocycles. The molecule has 3 rings (SSSR count). The molecule has 9 heteroatoms. The van der Waals surface area contributed by atoms with Crippen LogP contribution in [-0.4, -0.2) is 51.4 Å². The minimum Gasteiger partial charge on any atom is -0.510 e. The Bertz CT molecular complexity index is 1140. The lowest BCUT2D eigenvalue weighted by molar-refractivity contribution is -0.121. The van der Waals surface area contributed by atoms with Gasteiger partial charge >= 0.3 is 0 Å². The van der Waals surface area contributed by atoms with Crippen LogP contribution in [0.15, 0.2) is 84.0 Å². The number of hydrogen-bond donors (Lipinski definition) is 4. The van der Waals surface area contributed by atoms with E-state index in [-0.39, 0.29) is 35.8 Å². The Morgan fingerprint density at radius 2 is 1.72 bits per heavy atom. The highest BCUT2D eigenvalue weighted by Crippen LogP contribution is 2.40. The maximum atomic E-state index is 12.4. The van der Waals surface area contributed by atoms with Crippen LogP contribution in [0.25, 0.3) is 0 Å². The lowest BCUT2D eigenvalue weighted by atomic mass is 9.88. The number of carbonyl (C=O) groups excluding carboxylic acids is 4. The average molecular weight is 495 g/mol. The molecule has 0 spiro atoms. The predicted octanol–water partition coefficient (Wildman–Crippen LogP) is 2.14. The number of allylic oxidation sites excluding steroid dienone is 9. The lowest BCUT2D eigenvalue weighted by Crippen LogP contribution is -2.42. The highest BCUT2D eigenvalue weighted by molar-refractivity contribution is 6.06. The van der Waals surface area contributed by atoms with E-state index in [0.717, 1.165) is 6.42 Å². The fraction of sp³-hybridized carbons (Fsp3) is 0.333. The Morgan fingerprint density at radius 3 is 2.39 bits per heavy atom. The van der Waals surface area contributed by atoms with Crippen molar-refractivity contribution in [3.63, 3.8) is 0 Å². The van der Waals surface area contributed by atoms with Crippen LogP contribution in [0.1, 0.15) is 33.1 Å². The van der Waals surface area contributed by atoms with Gasteiger partial charge in [0, 0.05) is 25.0 Å². The summed E-state index contributed by atoms with van der Waals surface area (Å²) in [7, 11) is 0. The van der Waals surface area contributed by atoms with Crippen molar-refractivity contribution in [3.05, 3.63) is 84.0 Å². The highest BCUT2D eigenvalue weighted by atomic mass is 16.6. The number of hydrogen-bond acceptors (Lipinski definition) is 7. The van der Waals surface area contributed by atoms with Gasteiger partial charge in [-0.05, 0) is 24.5 Å². The van der Waals surface area contributed by atoms with Gasteiger partial charge in [0.2, 0.25) is 17.6 Å². The number of aliphatic hydroxyl groups excluding tert-OH is 1. The molecular formula is C27H30N2O7. The van der Waals surface area contributed by atoms with E-state index in [4.69, 9.17) is 4.74 Å². The summed E-state index contributed by atoms with van der Waals surface area (Å²) in [6.07, 6.45) is 16.2. The van der Waals surface area contributed by atoms with Gasteiger partial charge in [0.25, 0.3) is 0 Å². The summed E-state index contributed by atoms with van der Waals surface area (Å²) < 4.78 is 5.32. The van der Waals surface area contributed by atoms with Crippen LogP contribution in [0.4, 0.5) is 0 Å². The third-order valence-electron chi connectivity index (χ3n) is 5.56. The van der Waals surface area contributed by atoms with Crippen LogP contribution in [0, 0.1) is 5.92 Å². The largest absolute Gasteiger partial charge is 0.510 e. The van der Waals surface area contributed by atoms with Gasteiger partial charge in [-0.1, -0.05) is 56.4 Å². The van der Waals surface area contributed by atoms with E-state index in [1.54, 1.807) is 18.2 Å². The van der Waals surface area contributed by atoms with Gasteiger partial charge in [0.15, 0.2) is 11.9 Å². The molecule has 1 heterocycles. The summed E-state index contributed by atoms with van der Waals surface area (Å²) in [5.41, 5.74) is -1.71. The van der Waals surface area contributed by atoms with Crippen LogP contribution in [0.5, 0.6) is 0 Å². The van der Waals surface area contributed by atoms with E-state index in [9.17, 15) is 29.4 Å². The van der Waals surface area contributed by atoms with Gasteiger partial charge in [-0.25, -0.2) is 0 Å². The highest BCUT2D eigenvalue weighted by Gasteiger charge is 2.59. The van der Waals surface area contributed by atoms with Crippen LogP contribution in [-0.2, 0) is 23.9 Å². The summed E-state index contributed by atoms with van der Waals surface area (Å²) in [4.78, 5) is 48.0. The summed E-state index contributed by atoms with van der Waals surface area (Å²) >= 11 is 0. The molecule has 0 saturated carbocycles. The van der Waals surface area contributed by atoms with Gasteiger partial charge < -0.3 is 25.6 Å². The van der Waals surface area contributed by atoms with Crippen LogP contribution in [0.3, 0.4) is 0 Å². The Hall–Kier alpha value is -3.82. The van der Waals surface area contributed by atoms with Crippen LogP contribution >= 0.6 is 0 Å². The van der Waals surface area contributed by atoms with E-state index in [2.05, 4.69) is 24.5 Å². The number of rotatable bonds is 10. The number of amides is 2. The van der Waals surface area contributed by atoms with Crippen molar-refractivity contribution in [1.29, 1.82) is 0 Å². The molecule has 1 fully saturated rings. The summed E-state index contributed by atoms with van der Waals surface area (Å²) in [5, 5.41) is 25.4. The smallest absolute Gasteiger partial charge is 0.248 e. The molecule has 36 heavy (non-hydrogen) atoms. The minimum absolute atomic E-state index is 0.0405. The van der Waals surface area contributed by atoms with Gasteiger partial charge in [-0.3, -0.25) is 19.2 Å². The van der Waals surface area contributed by atoms with E-state index in [0.29, 0.717) is 5.92 Å². The van der Waals surface area contributed by atoms with Gasteiger partial charge in [-0.15, -0.1) is 0 Å². The molecule has 0 aromatic carbocycles. The second-order valence-electron chi connectivity index (χ2n) is 9.03. The fourth-order valence-corrected chi connectivity index (χ4v) is 3.62. The van der Waals surface area contributed by atoms with Crippen molar-refractivity contribution in [2.75, 3.05) is 0 Å². The van der Waals surface area contributed by atoms with Crippen molar-refractivity contribution in [2.24, 2.45) is 5.92 Å². The molecule has 0 aromatic heterocycles. The lowest BCUT2D eigenvalue weighted by Gasteiger charge is -2.23. The van der Waals surface area contributed by atoms with E-state index in [1.165, 1.54) is 42.5 Å². The number of fused-ring (bicyclic) bond motifs is 1. The topological polar surface area (TPSA) is 145 Å². The zero-order valence-electron chi connectivity index (χ0n) is 20.1. The molecule has 0 aromatic rings. The number of nitrogens with one attached hydrogen (secondary N) is 2. The molecule has 0 bridgehead atoms. The van der Waals surface area contributed by atoms with Gasteiger partial charge in [-0.2, -0.15) is 0 Å². The zero-order valence-corrected chi connectivity index (χ0v) is 20.1. The molecule has 4 N–H and O–H groups in total. The van der Waals surface area contributed by atoms with E-state index < -0.39 is 35.4 Å². The molecule has 2 amide bonds. The summed E-state index contributed by atoms with van der Waals surface area (Å²) in [5.74, 6) is -1.39. The Kier molecular flexibility index (Phi) is 8.73. The Balaban J connectivity index is 1.56. The van der Waals surface area contributed by atoms with Gasteiger partial charge in [0.1, 0.15) is 23.2 Å². The number of ether oxygens (including phenoxy) is 1. The van der Waals surface area contributed by atoms with Crippen molar-refractivity contribution in [1.82, 2.24) is 10.6 Å². The fourth-order valence-electron chi connectivity index (χ4n) is 3.62. The van der Waals surface area contributed by atoms with Crippen molar-refractivity contribution >= 4 is 23.4 Å². The molecule has 190 valence electrons. The second-order valence-corrected chi connectivity index (χ2v) is 9.03. The molecule has 2 aliphatic carbocycles. The number of ketones is 2. The third kappa shape index (κ3) is 7.10. The minimum atomic E-state index is -1.60. The first-order chi connectivity index (χ1) is 17.1. The second kappa shape index (κ2) is 11.7. The maximum absolute atomic E-state index is 12.4. The molecule has 1 saturated heterocycles. The first kappa shape index (κ1) is 26.8. The van der Waals surface area contributed by atoms with Crippen molar-refractivity contribution in [3.8, 4) is 0 Å². The Morgan fingerprint density at radius 1 is 1.06 bits per heavy atom. The molecule has 0 radical (unpaired) electrons. The first-order valence-electron chi connectivity index (χ1n) is 11.7. The van der Waals surface area contributed by atoms with Crippen molar-refractivity contribution < 1.29 is 34.1 Å². The standard InChI is InChI=1S/C27H30N2O7/c1-17(2)10-6-5-8-11-21(32)28-18-16-27(35,26-25(36-26)24(18)34)15-9-4-3-7-12-22(33)29-23-19(30)13-14-20(23)31/h3-9,11-12,15-17,25-26,30,35H,10,13-14H2,1-2H3,(H,28,32)(H,29,33)/b4-3+,6-5+,11-8+,12-7+,15-9+/t25-,26?,27?/m1/s1. The SMILES string of the molecule is CC(C)C/C=C/C=C/C(=O)NC1=CC(O)(/C=C/C=C/C=C/C(=O)NC2=C(O)CCC2=O)C2O[C@@H]2C1=O. The predicted molar refractivity (Wildman–Crippen MR) is 132 cm³/mol. The molecule has 3 aliphatic rings. The van der Waals surface area contributed by atoms with E-state index in [1.807, 2.05) is 6.08 Å². The monoisotopic (exact) mass is 494 g/mol. The maximum Gasteiger partial charge on any atom is 0.248 e. The van der Waals surface area contributed by atoms with Crippen LogP contribution in [0.2, 0.25) is 0 Å². The quantitative estimate of drug-likeness (QED) is 0.207. The summed E-state index contributed by atoms with van der Waals surface area (Å²) in [6, 6.07) is 0. The molecular weight excluding hydrogens is 464 g/mol. The molecule has 2 unspecified atom stereocenters. The van der Waals surface area contributed by atoms with Crippen molar-refractivity contribution in [2.45, 2.75) is 50.9 Å². The average Bonchev–Trinajstić information content (AvgIpc) is 3.58. The third-order valence-corrected chi connectivity index (χ3v) is 5.56. The number of epoxide rings is 1. The molecule has 3 atom stereocenters. The first-order valence-corrected chi connectivity index (χ1v) is 11.7. The van der Waals surface area contributed by atoms with Gasteiger partial charge in [0.05, 0.1) is 5.70 Å². The van der Waals surface area contributed by atoms with Crippen LogP contribution < -0.4 is 10.6 Å².